The van der Waals surface area contributed by atoms with E-state index in [0.717, 1.165) is 5.56 Å². The van der Waals surface area contributed by atoms with E-state index in [1.54, 1.807) is 31.3 Å². The predicted molar refractivity (Wildman–Crippen MR) is 92.9 cm³/mol. The normalized spacial score (nSPS) is 10.0. The van der Waals surface area contributed by atoms with Crippen LogP contribution in [0.4, 0.5) is 10.2 Å². The second-order valence-electron chi connectivity index (χ2n) is 5.19. The van der Waals surface area contributed by atoms with E-state index < -0.39 is 5.91 Å². The highest BCUT2D eigenvalue weighted by molar-refractivity contribution is 6.34. The molecule has 0 atom stereocenters. The largest absolute Gasteiger partial charge is 0.305 e. The molecule has 25 heavy (non-hydrogen) atoms. The van der Waals surface area contributed by atoms with Crippen molar-refractivity contribution in [1.82, 2.24) is 15.2 Å². The molecular formula is C18H12ClFN4O. The first-order chi connectivity index (χ1) is 12.0. The molecule has 7 heteroatoms. The molecule has 3 rings (SSSR count). The molecule has 2 N–H and O–H groups in total. The van der Waals surface area contributed by atoms with Crippen LogP contribution in [0, 0.1) is 24.6 Å². The molecule has 2 heterocycles. The summed E-state index contributed by atoms with van der Waals surface area (Å²) in [5.74, 6) is 5.56. The standard InChI is InChI=1S/C18H12ClFN4O/c1-11-8-13(3-2-12-4-6-14(20)7-5-12)9-21-17(11)23-18(25)16-15(19)10-22-24-16/h4-10H,1H3,(H,22,24)(H,21,23,25). The van der Waals surface area contributed by atoms with Crippen LogP contribution in [-0.2, 0) is 0 Å². The number of hydrogen-bond acceptors (Lipinski definition) is 3. The first-order valence-electron chi connectivity index (χ1n) is 7.27. The summed E-state index contributed by atoms with van der Waals surface area (Å²) in [7, 11) is 0. The lowest BCUT2D eigenvalue weighted by Gasteiger charge is -2.06. The minimum Gasteiger partial charge on any atom is -0.305 e. The number of carbonyl (C=O) groups excluding carboxylic acids is 1. The SMILES string of the molecule is Cc1cc(C#Cc2ccc(F)cc2)cnc1NC(=O)c1[nH]ncc1Cl. The monoisotopic (exact) mass is 354 g/mol. The van der Waals surface area contributed by atoms with Gasteiger partial charge < -0.3 is 5.32 Å². The molecule has 1 aromatic carbocycles. The molecule has 0 aliphatic carbocycles. The third kappa shape index (κ3) is 4.03. The van der Waals surface area contributed by atoms with Crippen LogP contribution in [0.5, 0.6) is 0 Å². The van der Waals surface area contributed by atoms with Gasteiger partial charge in [-0.3, -0.25) is 9.89 Å². The Bertz CT molecular complexity index is 986. The van der Waals surface area contributed by atoms with Crippen LogP contribution in [0.1, 0.15) is 27.2 Å². The summed E-state index contributed by atoms with van der Waals surface area (Å²) in [6.45, 7) is 1.81. The average molecular weight is 355 g/mol. The number of nitrogens with one attached hydrogen (secondary N) is 2. The molecule has 5 nitrogen and oxygen atoms in total. The number of aromatic amines is 1. The maximum Gasteiger partial charge on any atom is 0.276 e. The Labute approximate surface area is 148 Å². The molecule has 0 saturated carbocycles. The summed E-state index contributed by atoms with van der Waals surface area (Å²) < 4.78 is 12.9. The average Bonchev–Trinajstić information content (AvgIpc) is 3.03. The van der Waals surface area contributed by atoms with Crippen LogP contribution in [-0.4, -0.2) is 21.1 Å². The predicted octanol–water partition coefficient (Wildman–Crippen LogP) is 3.56. The first kappa shape index (κ1) is 16.7. The molecular weight excluding hydrogens is 343 g/mol. The van der Waals surface area contributed by atoms with Crippen LogP contribution in [0.15, 0.2) is 42.7 Å². The Morgan fingerprint density at radius 3 is 2.56 bits per heavy atom. The fourth-order valence-electron chi connectivity index (χ4n) is 2.05. The van der Waals surface area contributed by atoms with E-state index >= 15 is 0 Å². The number of nitrogens with zero attached hydrogens (tertiary/aromatic N) is 2. The van der Waals surface area contributed by atoms with E-state index in [9.17, 15) is 9.18 Å². The molecule has 0 radical (unpaired) electrons. The van der Waals surface area contributed by atoms with Gasteiger partial charge in [0.1, 0.15) is 17.3 Å². The Morgan fingerprint density at radius 2 is 1.92 bits per heavy atom. The van der Waals surface area contributed by atoms with Gasteiger partial charge in [-0.15, -0.1) is 0 Å². The third-order valence-corrected chi connectivity index (χ3v) is 3.61. The molecule has 0 unspecified atom stereocenters. The zero-order valence-corrected chi connectivity index (χ0v) is 13.9. The van der Waals surface area contributed by atoms with Crippen molar-refractivity contribution in [2.75, 3.05) is 5.32 Å². The van der Waals surface area contributed by atoms with Crippen LogP contribution in [0.25, 0.3) is 0 Å². The number of amides is 1. The summed E-state index contributed by atoms with van der Waals surface area (Å²) in [4.78, 5) is 16.3. The molecule has 0 bridgehead atoms. The highest BCUT2D eigenvalue weighted by Gasteiger charge is 2.14. The fraction of sp³-hybridized carbons (Fsp3) is 0.0556. The quantitative estimate of drug-likeness (QED) is 0.691. The smallest absolute Gasteiger partial charge is 0.276 e. The van der Waals surface area contributed by atoms with E-state index in [4.69, 9.17) is 11.6 Å². The lowest BCUT2D eigenvalue weighted by atomic mass is 10.1. The summed E-state index contributed by atoms with van der Waals surface area (Å²) in [5, 5.41) is 9.13. The van der Waals surface area contributed by atoms with Gasteiger partial charge in [0.15, 0.2) is 0 Å². The van der Waals surface area contributed by atoms with E-state index in [-0.39, 0.29) is 16.5 Å². The van der Waals surface area contributed by atoms with Crippen molar-refractivity contribution in [2.45, 2.75) is 6.92 Å². The number of aryl methyl sites for hydroxylation is 1. The second kappa shape index (κ2) is 7.16. The van der Waals surface area contributed by atoms with Crippen molar-refractivity contribution < 1.29 is 9.18 Å². The number of benzene rings is 1. The lowest BCUT2D eigenvalue weighted by Crippen LogP contribution is -2.15. The highest BCUT2D eigenvalue weighted by atomic mass is 35.5. The molecule has 0 spiro atoms. The molecule has 124 valence electrons. The van der Waals surface area contributed by atoms with E-state index in [1.807, 2.05) is 0 Å². The van der Waals surface area contributed by atoms with Crippen LogP contribution >= 0.6 is 11.6 Å². The summed E-state index contributed by atoms with van der Waals surface area (Å²) in [5.41, 5.74) is 2.29. The van der Waals surface area contributed by atoms with Gasteiger partial charge in [0.05, 0.1) is 11.2 Å². The highest BCUT2D eigenvalue weighted by Crippen LogP contribution is 2.16. The number of carbonyl (C=O) groups is 1. The van der Waals surface area contributed by atoms with Gasteiger partial charge in [-0.25, -0.2) is 9.37 Å². The maximum atomic E-state index is 12.9. The molecule has 0 aliphatic heterocycles. The van der Waals surface area contributed by atoms with Gasteiger partial charge in [0.2, 0.25) is 0 Å². The van der Waals surface area contributed by atoms with E-state index in [1.165, 1.54) is 18.3 Å². The Balaban J connectivity index is 1.76. The summed E-state index contributed by atoms with van der Waals surface area (Å²) in [6.07, 6.45) is 2.90. The Hall–Kier alpha value is -3.17. The Kier molecular flexibility index (Phi) is 4.78. The second-order valence-corrected chi connectivity index (χ2v) is 5.60. The third-order valence-electron chi connectivity index (χ3n) is 3.33. The van der Waals surface area contributed by atoms with Crippen molar-refractivity contribution in [3.05, 3.63) is 75.9 Å². The van der Waals surface area contributed by atoms with Crippen LogP contribution in [0.3, 0.4) is 0 Å². The summed E-state index contributed by atoms with van der Waals surface area (Å²) in [6, 6.07) is 7.71. The number of aromatic nitrogens is 3. The molecule has 1 amide bonds. The zero-order chi connectivity index (χ0) is 17.8. The van der Waals surface area contributed by atoms with Gasteiger partial charge in [0.25, 0.3) is 5.91 Å². The number of hydrogen-bond donors (Lipinski definition) is 2. The zero-order valence-electron chi connectivity index (χ0n) is 13.1. The molecule has 2 aromatic heterocycles. The van der Waals surface area contributed by atoms with E-state index in [0.29, 0.717) is 16.9 Å². The van der Waals surface area contributed by atoms with Crippen molar-refractivity contribution in [3.8, 4) is 11.8 Å². The minimum absolute atomic E-state index is 0.169. The van der Waals surface area contributed by atoms with Gasteiger partial charge in [-0.1, -0.05) is 23.4 Å². The molecule has 0 fully saturated rings. The van der Waals surface area contributed by atoms with Gasteiger partial charge in [0, 0.05) is 17.3 Å². The van der Waals surface area contributed by atoms with Crippen LogP contribution in [0.2, 0.25) is 5.02 Å². The van der Waals surface area contributed by atoms with Crippen molar-refractivity contribution >= 4 is 23.3 Å². The van der Waals surface area contributed by atoms with Crippen molar-refractivity contribution in [1.29, 1.82) is 0 Å². The maximum absolute atomic E-state index is 12.9. The fourth-order valence-corrected chi connectivity index (χ4v) is 2.23. The van der Waals surface area contributed by atoms with Crippen molar-refractivity contribution in [2.24, 2.45) is 0 Å². The number of halogens is 2. The number of rotatable bonds is 2. The van der Waals surface area contributed by atoms with Gasteiger partial charge in [-0.05, 0) is 42.8 Å². The first-order valence-corrected chi connectivity index (χ1v) is 7.65. The topological polar surface area (TPSA) is 70.7 Å². The molecule has 3 aromatic rings. The summed E-state index contributed by atoms with van der Waals surface area (Å²) >= 11 is 5.86. The van der Waals surface area contributed by atoms with Crippen LogP contribution < -0.4 is 5.32 Å². The van der Waals surface area contributed by atoms with Gasteiger partial charge in [-0.2, -0.15) is 5.10 Å². The number of anilines is 1. The van der Waals surface area contributed by atoms with E-state index in [2.05, 4.69) is 32.3 Å². The number of pyridine rings is 1. The minimum atomic E-state index is -0.428. The lowest BCUT2D eigenvalue weighted by molar-refractivity contribution is 0.102. The number of H-pyrrole nitrogens is 1. The molecule has 0 saturated heterocycles. The van der Waals surface area contributed by atoms with Gasteiger partial charge >= 0.3 is 0 Å². The Morgan fingerprint density at radius 1 is 1.20 bits per heavy atom. The molecule has 0 aliphatic rings. The van der Waals surface area contributed by atoms with Crippen molar-refractivity contribution in [3.63, 3.8) is 0 Å².